The van der Waals surface area contributed by atoms with Gasteiger partial charge in [-0.15, -0.1) is 0 Å². The van der Waals surface area contributed by atoms with Crippen molar-refractivity contribution in [2.24, 2.45) is 0 Å². The van der Waals surface area contributed by atoms with Crippen LogP contribution in [0.5, 0.6) is 0 Å². The van der Waals surface area contributed by atoms with E-state index in [4.69, 9.17) is 0 Å². The Kier molecular flexibility index (Phi) is 3.88. The van der Waals surface area contributed by atoms with Crippen molar-refractivity contribution >= 4 is 15.9 Å². The first-order valence-corrected chi connectivity index (χ1v) is 5.04. The highest BCUT2D eigenvalue weighted by atomic mass is 79.9. The lowest BCUT2D eigenvalue weighted by Crippen LogP contribution is -2.23. The third-order valence-corrected chi connectivity index (χ3v) is 2.63. The van der Waals surface area contributed by atoms with Gasteiger partial charge in [-0.2, -0.15) is 0 Å². The van der Waals surface area contributed by atoms with Gasteiger partial charge in [0.15, 0.2) is 0 Å². The molecular formula is C10H13BrFN. The minimum atomic E-state index is -0.208. The molecule has 1 rings (SSSR count). The van der Waals surface area contributed by atoms with Crippen molar-refractivity contribution in [2.75, 3.05) is 7.05 Å². The zero-order valence-electron chi connectivity index (χ0n) is 7.77. The highest BCUT2D eigenvalue weighted by molar-refractivity contribution is 9.10. The molecule has 1 N–H and O–H groups in total. The molecule has 0 aliphatic carbocycles. The number of halogens is 2. The third-order valence-electron chi connectivity index (χ3n) is 2.02. The van der Waals surface area contributed by atoms with Gasteiger partial charge < -0.3 is 5.32 Å². The van der Waals surface area contributed by atoms with E-state index in [1.807, 2.05) is 19.2 Å². The summed E-state index contributed by atoms with van der Waals surface area (Å²) < 4.78 is 13.4. The van der Waals surface area contributed by atoms with Crippen LogP contribution in [0.25, 0.3) is 0 Å². The molecule has 0 heterocycles. The lowest BCUT2D eigenvalue weighted by molar-refractivity contribution is 0.601. The van der Waals surface area contributed by atoms with Crippen molar-refractivity contribution in [3.8, 4) is 0 Å². The minimum absolute atomic E-state index is 0.208. The zero-order chi connectivity index (χ0) is 9.84. The van der Waals surface area contributed by atoms with Crippen LogP contribution < -0.4 is 5.32 Å². The molecule has 0 amide bonds. The van der Waals surface area contributed by atoms with Crippen molar-refractivity contribution < 1.29 is 4.39 Å². The monoisotopic (exact) mass is 245 g/mol. The van der Waals surface area contributed by atoms with Crippen molar-refractivity contribution in [1.29, 1.82) is 0 Å². The first-order chi connectivity index (χ1) is 6.13. The summed E-state index contributed by atoms with van der Waals surface area (Å²) in [7, 11) is 1.92. The molecule has 0 radical (unpaired) electrons. The molecule has 0 saturated heterocycles. The summed E-state index contributed by atoms with van der Waals surface area (Å²) in [6, 6.07) is 5.54. The number of nitrogens with one attached hydrogen (secondary N) is 1. The Labute approximate surface area is 86.5 Å². The Balaban J connectivity index is 2.73. The van der Waals surface area contributed by atoms with Crippen LogP contribution >= 0.6 is 15.9 Å². The van der Waals surface area contributed by atoms with Crippen LogP contribution in [-0.4, -0.2) is 13.1 Å². The Morgan fingerprint density at radius 2 is 2.23 bits per heavy atom. The Morgan fingerprint density at radius 3 is 2.77 bits per heavy atom. The Morgan fingerprint density at radius 1 is 1.54 bits per heavy atom. The van der Waals surface area contributed by atoms with Gasteiger partial charge in [0, 0.05) is 6.04 Å². The van der Waals surface area contributed by atoms with Gasteiger partial charge in [-0.05, 0) is 54.0 Å². The second-order valence-corrected chi connectivity index (χ2v) is 4.00. The van der Waals surface area contributed by atoms with Gasteiger partial charge in [-0.1, -0.05) is 6.07 Å². The first kappa shape index (κ1) is 10.7. The maximum Gasteiger partial charge on any atom is 0.137 e. The standard InChI is InChI=1S/C10H13BrFN/c1-7(13-2)5-8-3-4-10(12)9(11)6-8/h3-4,6-7,13H,5H2,1-2H3. The molecule has 1 atom stereocenters. The molecule has 1 unspecified atom stereocenters. The van der Waals surface area contributed by atoms with Crippen molar-refractivity contribution in [3.05, 3.63) is 34.1 Å². The molecular weight excluding hydrogens is 233 g/mol. The summed E-state index contributed by atoms with van der Waals surface area (Å²) in [5, 5.41) is 3.14. The van der Waals surface area contributed by atoms with Crippen LogP contribution in [0.4, 0.5) is 4.39 Å². The van der Waals surface area contributed by atoms with E-state index in [1.165, 1.54) is 6.07 Å². The number of benzene rings is 1. The van der Waals surface area contributed by atoms with Crippen molar-refractivity contribution in [1.82, 2.24) is 5.32 Å². The van der Waals surface area contributed by atoms with Crippen molar-refractivity contribution in [2.45, 2.75) is 19.4 Å². The van der Waals surface area contributed by atoms with Crippen LogP contribution in [-0.2, 0) is 6.42 Å². The normalized spacial score (nSPS) is 12.9. The Hall–Kier alpha value is -0.410. The van der Waals surface area contributed by atoms with Gasteiger partial charge in [-0.3, -0.25) is 0 Å². The molecule has 1 aromatic rings. The highest BCUT2D eigenvalue weighted by Gasteiger charge is 2.03. The molecule has 0 saturated carbocycles. The van der Waals surface area contributed by atoms with Crippen LogP contribution in [0.15, 0.2) is 22.7 Å². The summed E-state index contributed by atoms with van der Waals surface area (Å²) in [6.45, 7) is 2.09. The van der Waals surface area contributed by atoms with Crippen LogP contribution in [0.2, 0.25) is 0 Å². The van der Waals surface area contributed by atoms with Gasteiger partial charge in [0.2, 0.25) is 0 Å². The maximum absolute atomic E-state index is 12.9. The fourth-order valence-electron chi connectivity index (χ4n) is 1.12. The number of rotatable bonds is 3. The smallest absolute Gasteiger partial charge is 0.137 e. The van der Waals surface area contributed by atoms with E-state index in [1.54, 1.807) is 0 Å². The van der Waals surface area contributed by atoms with E-state index in [0.717, 1.165) is 12.0 Å². The van der Waals surface area contributed by atoms with E-state index in [0.29, 0.717) is 10.5 Å². The summed E-state index contributed by atoms with van der Waals surface area (Å²) in [4.78, 5) is 0. The Bertz CT molecular complexity index is 288. The molecule has 3 heteroatoms. The summed E-state index contributed by atoms with van der Waals surface area (Å²) in [5.41, 5.74) is 1.13. The third kappa shape index (κ3) is 3.08. The molecule has 0 bridgehead atoms. The van der Waals surface area contributed by atoms with E-state index in [2.05, 4.69) is 28.2 Å². The number of hydrogen-bond acceptors (Lipinski definition) is 1. The molecule has 0 aliphatic rings. The molecule has 72 valence electrons. The zero-order valence-corrected chi connectivity index (χ0v) is 9.36. The fourth-order valence-corrected chi connectivity index (χ4v) is 1.55. The van der Waals surface area contributed by atoms with Gasteiger partial charge in [0.1, 0.15) is 5.82 Å². The topological polar surface area (TPSA) is 12.0 Å². The molecule has 0 fully saturated rings. The van der Waals surface area contributed by atoms with E-state index >= 15 is 0 Å². The predicted molar refractivity (Wildman–Crippen MR) is 56.3 cm³/mol. The van der Waals surface area contributed by atoms with Crippen LogP contribution in [0.3, 0.4) is 0 Å². The minimum Gasteiger partial charge on any atom is -0.317 e. The van der Waals surface area contributed by atoms with Crippen LogP contribution in [0, 0.1) is 5.82 Å². The van der Waals surface area contributed by atoms with Gasteiger partial charge in [0.05, 0.1) is 4.47 Å². The summed E-state index contributed by atoms with van der Waals surface area (Å²) in [6.07, 6.45) is 0.912. The van der Waals surface area contributed by atoms with E-state index in [-0.39, 0.29) is 5.82 Å². The molecule has 0 spiro atoms. The SMILES string of the molecule is CNC(C)Cc1ccc(F)c(Br)c1. The summed E-state index contributed by atoms with van der Waals surface area (Å²) in [5.74, 6) is -0.208. The second kappa shape index (κ2) is 4.72. The van der Waals surface area contributed by atoms with Gasteiger partial charge in [-0.25, -0.2) is 4.39 Å². The first-order valence-electron chi connectivity index (χ1n) is 4.24. The average Bonchev–Trinajstić information content (AvgIpc) is 2.11. The van der Waals surface area contributed by atoms with E-state index < -0.39 is 0 Å². The fraction of sp³-hybridized carbons (Fsp3) is 0.400. The average molecular weight is 246 g/mol. The highest BCUT2D eigenvalue weighted by Crippen LogP contribution is 2.17. The molecule has 0 aromatic heterocycles. The molecule has 1 nitrogen and oxygen atoms in total. The quantitative estimate of drug-likeness (QED) is 0.864. The lowest BCUT2D eigenvalue weighted by atomic mass is 10.1. The molecule has 13 heavy (non-hydrogen) atoms. The van der Waals surface area contributed by atoms with Crippen molar-refractivity contribution in [3.63, 3.8) is 0 Å². The largest absolute Gasteiger partial charge is 0.317 e. The molecule has 1 aromatic carbocycles. The molecule has 0 aliphatic heterocycles. The summed E-state index contributed by atoms with van der Waals surface area (Å²) >= 11 is 3.16. The lowest BCUT2D eigenvalue weighted by Gasteiger charge is -2.10. The second-order valence-electron chi connectivity index (χ2n) is 3.14. The predicted octanol–water partition coefficient (Wildman–Crippen LogP) is 2.74. The van der Waals surface area contributed by atoms with Crippen LogP contribution in [0.1, 0.15) is 12.5 Å². The number of likely N-dealkylation sites (N-methyl/N-ethyl adjacent to an activating group) is 1. The van der Waals surface area contributed by atoms with Gasteiger partial charge >= 0.3 is 0 Å². The number of hydrogen-bond donors (Lipinski definition) is 1. The maximum atomic E-state index is 12.9. The van der Waals surface area contributed by atoms with E-state index in [9.17, 15) is 4.39 Å². The van der Waals surface area contributed by atoms with Gasteiger partial charge in [0.25, 0.3) is 0 Å².